The summed E-state index contributed by atoms with van der Waals surface area (Å²) in [5.41, 5.74) is 1.89. The minimum absolute atomic E-state index is 0.0385. The molecule has 3 aromatic heterocycles. The zero-order valence-electron chi connectivity index (χ0n) is 15.5. The van der Waals surface area contributed by atoms with Crippen LogP contribution in [0.25, 0.3) is 5.78 Å². The third-order valence-corrected chi connectivity index (χ3v) is 6.32. The van der Waals surface area contributed by atoms with E-state index in [1.54, 1.807) is 18.5 Å². The number of nitrogens with zero attached hydrogens (tertiary/aromatic N) is 5. The molecule has 3 heterocycles. The molecule has 0 fully saturated rings. The number of hydrogen-bond donors (Lipinski definition) is 1. The number of anilines is 1. The second-order valence-corrected chi connectivity index (χ2v) is 8.98. The van der Waals surface area contributed by atoms with Gasteiger partial charge >= 0.3 is 0 Å². The van der Waals surface area contributed by atoms with Crippen LogP contribution in [0.15, 0.2) is 18.5 Å². The van der Waals surface area contributed by atoms with Gasteiger partial charge in [-0.3, -0.25) is 4.79 Å². The van der Waals surface area contributed by atoms with E-state index in [4.69, 9.17) is 0 Å². The highest BCUT2D eigenvalue weighted by molar-refractivity contribution is 7.16. The van der Waals surface area contributed by atoms with Crippen LogP contribution in [-0.2, 0) is 12.8 Å². The molecule has 27 heavy (non-hydrogen) atoms. The predicted molar refractivity (Wildman–Crippen MR) is 103 cm³/mol. The molecule has 8 heteroatoms. The summed E-state index contributed by atoms with van der Waals surface area (Å²) < 4.78 is 1.45. The Morgan fingerprint density at radius 1 is 1.44 bits per heavy atom. The van der Waals surface area contributed by atoms with Gasteiger partial charge < -0.3 is 5.32 Å². The van der Waals surface area contributed by atoms with E-state index in [0.29, 0.717) is 22.3 Å². The van der Waals surface area contributed by atoms with Gasteiger partial charge in [-0.05, 0) is 42.2 Å². The van der Waals surface area contributed by atoms with Crippen molar-refractivity contribution >= 4 is 28.0 Å². The molecule has 1 N–H and O–H groups in total. The first kappa shape index (κ1) is 17.6. The molecule has 3 aromatic rings. The number of amides is 1. The van der Waals surface area contributed by atoms with Crippen LogP contribution >= 0.6 is 11.3 Å². The number of nitriles is 1. The molecule has 0 unspecified atom stereocenters. The van der Waals surface area contributed by atoms with E-state index in [1.165, 1.54) is 20.7 Å². The van der Waals surface area contributed by atoms with Gasteiger partial charge in [-0.25, -0.2) is 9.50 Å². The summed E-state index contributed by atoms with van der Waals surface area (Å²) in [6.45, 7) is 6.77. The Balaban J connectivity index is 1.62. The summed E-state index contributed by atoms with van der Waals surface area (Å²) in [4.78, 5) is 22.0. The lowest BCUT2D eigenvalue weighted by molar-refractivity contribution is 0.101. The summed E-state index contributed by atoms with van der Waals surface area (Å²) in [6, 6.07) is 4.00. The largest absolute Gasteiger partial charge is 0.310 e. The van der Waals surface area contributed by atoms with E-state index in [9.17, 15) is 10.1 Å². The van der Waals surface area contributed by atoms with Gasteiger partial charge in [0.15, 0.2) is 0 Å². The summed E-state index contributed by atoms with van der Waals surface area (Å²) >= 11 is 1.50. The Morgan fingerprint density at radius 2 is 2.26 bits per heavy atom. The first-order chi connectivity index (χ1) is 12.9. The quantitative estimate of drug-likeness (QED) is 0.734. The van der Waals surface area contributed by atoms with Crippen LogP contribution in [0.3, 0.4) is 0 Å². The monoisotopic (exact) mass is 380 g/mol. The molecule has 1 aliphatic rings. The van der Waals surface area contributed by atoms with Crippen molar-refractivity contribution in [3.8, 4) is 6.07 Å². The smallest absolute Gasteiger partial charge is 0.296 e. The molecular formula is C19H20N6OS. The second kappa shape index (κ2) is 6.43. The van der Waals surface area contributed by atoms with Crippen molar-refractivity contribution in [1.82, 2.24) is 19.6 Å². The number of nitrogens with one attached hydrogen (secondary N) is 1. The molecule has 0 saturated heterocycles. The minimum Gasteiger partial charge on any atom is -0.310 e. The molecule has 1 aliphatic carbocycles. The normalized spacial score (nSPS) is 16.7. The van der Waals surface area contributed by atoms with Gasteiger partial charge in [-0.1, -0.05) is 20.8 Å². The van der Waals surface area contributed by atoms with Crippen LogP contribution in [0.4, 0.5) is 5.00 Å². The van der Waals surface area contributed by atoms with E-state index in [1.807, 2.05) is 0 Å². The van der Waals surface area contributed by atoms with Crippen LogP contribution < -0.4 is 5.32 Å². The molecule has 0 spiro atoms. The highest BCUT2D eigenvalue weighted by Crippen LogP contribution is 2.44. The molecule has 1 amide bonds. The van der Waals surface area contributed by atoms with Crippen molar-refractivity contribution in [3.05, 3.63) is 40.3 Å². The molecule has 4 rings (SSSR count). The molecule has 138 valence electrons. The fraction of sp³-hybridized carbons (Fsp3) is 0.421. The molecule has 0 bridgehead atoms. The average Bonchev–Trinajstić information content (AvgIpc) is 3.20. The molecule has 1 atom stereocenters. The van der Waals surface area contributed by atoms with Crippen LogP contribution in [0.5, 0.6) is 0 Å². The lowest BCUT2D eigenvalue weighted by Gasteiger charge is -2.33. The maximum Gasteiger partial charge on any atom is 0.296 e. The van der Waals surface area contributed by atoms with Crippen LogP contribution in [0.2, 0.25) is 0 Å². The van der Waals surface area contributed by atoms with Crippen molar-refractivity contribution in [2.45, 2.75) is 40.0 Å². The van der Waals surface area contributed by atoms with Crippen LogP contribution in [-0.4, -0.2) is 25.5 Å². The average molecular weight is 380 g/mol. The number of rotatable bonds is 2. The maximum atomic E-state index is 12.6. The fourth-order valence-corrected chi connectivity index (χ4v) is 4.79. The van der Waals surface area contributed by atoms with Crippen molar-refractivity contribution in [2.24, 2.45) is 11.3 Å². The van der Waals surface area contributed by atoms with Gasteiger partial charge in [0.05, 0.1) is 5.56 Å². The van der Waals surface area contributed by atoms with Gasteiger partial charge in [0.25, 0.3) is 11.7 Å². The fourth-order valence-electron chi connectivity index (χ4n) is 3.52. The number of fused-ring (bicyclic) bond motifs is 2. The zero-order valence-corrected chi connectivity index (χ0v) is 16.3. The van der Waals surface area contributed by atoms with Crippen molar-refractivity contribution in [3.63, 3.8) is 0 Å². The minimum atomic E-state index is -0.428. The van der Waals surface area contributed by atoms with E-state index in [0.717, 1.165) is 24.8 Å². The van der Waals surface area contributed by atoms with Crippen LogP contribution in [0.1, 0.15) is 53.8 Å². The summed E-state index contributed by atoms with van der Waals surface area (Å²) in [7, 11) is 0. The van der Waals surface area contributed by atoms with Gasteiger partial charge in [-0.2, -0.15) is 10.2 Å². The highest BCUT2D eigenvalue weighted by atomic mass is 32.1. The number of carbonyl (C=O) groups is 1. The SMILES string of the molecule is CC(C)(C)[C@@H]1CCc2c(sc(NC(=O)c3nc4ncccn4n3)c2C#N)C1. The van der Waals surface area contributed by atoms with E-state index < -0.39 is 5.91 Å². The third-order valence-electron chi connectivity index (χ3n) is 5.15. The maximum absolute atomic E-state index is 12.6. The lowest BCUT2D eigenvalue weighted by Crippen LogP contribution is -2.26. The number of carbonyl (C=O) groups excluding carboxylic acids is 1. The Labute approximate surface area is 161 Å². The molecule has 0 aliphatic heterocycles. The number of aromatic nitrogens is 4. The van der Waals surface area contributed by atoms with Gasteiger partial charge in [-0.15, -0.1) is 16.4 Å². The van der Waals surface area contributed by atoms with Gasteiger partial charge in [0.1, 0.15) is 11.1 Å². The van der Waals surface area contributed by atoms with Crippen molar-refractivity contribution < 1.29 is 4.79 Å². The van der Waals surface area contributed by atoms with Crippen molar-refractivity contribution in [1.29, 1.82) is 5.26 Å². The molecule has 0 saturated carbocycles. The summed E-state index contributed by atoms with van der Waals surface area (Å²) in [5, 5.41) is 17.2. The molecular weight excluding hydrogens is 360 g/mol. The highest BCUT2D eigenvalue weighted by Gasteiger charge is 2.32. The van der Waals surface area contributed by atoms with E-state index in [2.05, 4.69) is 47.2 Å². The first-order valence-corrected chi connectivity index (χ1v) is 9.72. The van der Waals surface area contributed by atoms with Gasteiger partial charge in [0.2, 0.25) is 5.82 Å². The third kappa shape index (κ3) is 3.19. The Bertz CT molecular complexity index is 1040. The Kier molecular flexibility index (Phi) is 4.19. The lowest BCUT2D eigenvalue weighted by atomic mass is 9.72. The van der Waals surface area contributed by atoms with Crippen molar-refractivity contribution in [2.75, 3.05) is 5.32 Å². The topological polar surface area (TPSA) is 96.0 Å². The zero-order chi connectivity index (χ0) is 19.2. The van der Waals surface area contributed by atoms with E-state index in [-0.39, 0.29) is 11.2 Å². The summed E-state index contributed by atoms with van der Waals surface area (Å²) in [5.74, 6) is 0.547. The Hall–Kier alpha value is -2.79. The van der Waals surface area contributed by atoms with E-state index >= 15 is 0 Å². The molecule has 0 radical (unpaired) electrons. The van der Waals surface area contributed by atoms with Gasteiger partial charge in [0, 0.05) is 17.3 Å². The molecule has 7 nitrogen and oxygen atoms in total. The summed E-state index contributed by atoms with van der Waals surface area (Å²) in [6.07, 6.45) is 6.17. The number of thiophene rings is 1. The standard InChI is InChI=1S/C19H20N6OS/c1-19(2,3)11-5-6-12-13(10-20)17(27-14(12)9-11)23-16(26)15-22-18-21-7-4-8-25(18)24-15/h4,7-8,11H,5-6,9H2,1-3H3,(H,23,26)/t11-/m1/s1. The Morgan fingerprint density at radius 3 is 2.96 bits per heavy atom. The number of hydrogen-bond acceptors (Lipinski definition) is 6. The first-order valence-electron chi connectivity index (χ1n) is 8.90. The molecule has 0 aromatic carbocycles. The predicted octanol–water partition coefficient (Wildman–Crippen LogP) is 3.46. The van der Waals surface area contributed by atoms with Crippen LogP contribution in [0, 0.1) is 22.7 Å². The second-order valence-electron chi connectivity index (χ2n) is 7.88.